The molecule has 0 aliphatic rings. The molecule has 0 aliphatic heterocycles. The second kappa shape index (κ2) is 7.64. The van der Waals surface area contributed by atoms with Gasteiger partial charge < -0.3 is 10.1 Å². The number of rotatable bonds is 4. The Balaban J connectivity index is 2.11. The molecule has 2 aromatic rings. The highest BCUT2D eigenvalue weighted by Crippen LogP contribution is 2.38. The molecule has 0 fully saturated rings. The molecule has 130 valence electrons. The number of ether oxygens (including phenoxy) is 1. The number of anilines is 1. The van der Waals surface area contributed by atoms with E-state index in [-0.39, 0.29) is 15.8 Å². The maximum atomic E-state index is 13.0. The molecule has 0 unspecified atom stereocenters. The fraction of sp³-hybridized carbons (Fsp3) is 0.125. The Bertz CT molecular complexity index is 848. The van der Waals surface area contributed by atoms with E-state index in [1.165, 1.54) is 24.3 Å². The monoisotopic (exact) mass is 388 g/mol. The first-order chi connectivity index (χ1) is 11.7. The van der Waals surface area contributed by atoms with Gasteiger partial charge in [-0.1, -0.05) is 29.3 Å². The highest BCUT2D eigenvalue weighted by atomic mass is 35.5. The normalized spacial score (nSPS) is 10.9. The number of hydrogen-bond acceptors (Lipinski definition) is 3. The third kappa shape index (κ3) is 4.78. The summed E-state index contributed by atoms with van der Waals surface area (Å²) >= 11 is 11.6. The number of nitrogens with zero attached hydrogens (tertiary/aromatic N) is 1. The van der Waals surface area contributed by atoms with E-state index in [2.05, 4.69) is 5.32 Å². The molecule has 0 heterocycles. The number of nitriles is 1. The van der Waals surface area contributed by atoms with Gasteiger partial charge in [-0.15, -0.1) is 0 Å². The quantitative estimate of drug-likeness (QED) is 0.809. The summed E-state index contributed by atoms with van der Waals surface area (Å²) in [6.07, 6.45) is -4.68. The summed E-state index contributed by atoms with van der Waals surface area (Å²) in [5.74, 6) is -0.731. The van der Waals surface area contributed by atoms with Crippen LogP contribution in [-0.2, 0) is 11.0 Å². The van der Waals surface area contributed by atoms with E-state index >= 15 is 0 Å². The van der Waals surface area contributed by atoms with Crippen molar-refractivity contribution in [1.29, 1.82) is 5.26 Å². The summed E-state index contributed by atoms with van der Waals surface area (Å²) < 4.78 is 44.1. The predicted octanol–water partition coefficient (Wildman–Crippen LogP) is 4.90. The van der Waals surface area contributed by atoms with Crippen LogP contribution in [0.1, 0.15) is 11.1 Å². The zero-order valence-corrected chi connectivity index (χ0v) is 13.8. The molecule has 2 aromatic carbocycles. The minimum atomic E-state index is -4.68. The van der Waals surface area contributed by atoms with Crippen molar-refractivity contribution in [2.45, 2.75) is 6.18 Å². The second-order valence-electron chi connectivity index (χ2n) is 4.75. The van der Waals surface area contributed by atoms with E-state index in [1.807, 2.05) is 6.07 Å². The van der Waals surface area contributed by atoms with Gasteiger partial charge in [0, 0.05) is 0 Å². The third-order valence-corrected chi connectivity index (χ3v) is 3.61. The number of benzene rings is 2. The van der Waals surface area contributed by atoms with Gasteiger partial charge in [-0.25, -0.2) is 0 Å². The maximum absolute atomic E-state index is 13.0. The average Bonchev–Trinajstić information content (AvgIpc) is 2.54. The Morgan fingerprint density at radius 1 is 1.20 bits per heavy atom. The summed E-state index contributed by atoms with van der Waals surface area (Å²) in [7, 11) is 0. The first-order valence-corrected chi connectivity index (χ1v) is 7.46. The molecule has 0 aromatic heterocycles. The predicted molar refractivity (Wildman–Crippen MR) is 86.7 cm³/mol. The van der Waals surface area contributed by atoms with E-state index < -0.39 is 29.9 Å². The Morgan fingerprint density at radius 2 is 1.92 bits per heavy atom. The van der Waals surface area contributed by atoms with Gasteiger partial charge in [0.15, 0.2) is 6.61 Å². The van der Waals surface area contributed by atoms with Crippen LogP contribution in [0.15, 0.2) is 36.4 Å². The molecule has 0 radical (unpaired) electrons. The molecule has 0 aliphatic carbocycles. The lowest BCUT2D eigenvalue weighted by atomic mass is 10.1. The Hall–Kier alpha value is -2.43. The lowest BCUT2D eigenvalue weighted by Crippen LogP contribution is -2.22. The lowest BCUT2D eigenvalue weighted by Gasteiger charge is -2.15. The van der Waals surface area contributed by atoms with Crippen molar-refractivity contribution in [3.63, 3.8) is 0 Å². The number of hydrogen-bond donors (Lipinski definition) is 1. The average molecular weight is 389 g/mol. The summed E-state index contributed by atoms with van der Waals surface area (Å²) in [6.45, 7) is -0.589. The fourth-order valence-corrected chi connectivity index (χ4v) is 2.35. The molecule has 0 saturated heterocycles. The van der Waals surface area contributed by atoms with Crippen LogP contribution in [0.3, 0.4) is 0 Å². The highest BCUT2D eigenvalue weighted by molar-refractivity contribution is 6.34. The van der Waals surface area contributed by atoms with Gasteiger partial charge in [-0.05, 0) is 30.3 Å². The second-order valence-corrected chi connectivity index (χ2v) is 5.57. The zero-order chi connectivity index (χ0) is 18.6. The Morgan fingerprint density at radius 3 is 2.52 bits per heavy atom. The largest absolute Gasteiger partial charge is 0.482 e. The van der Waals surface area contributed by atoms with E-state index in [0.29, 0.717) is 5.56 Å². The maximum Gasteiger partial charge on any atom is 0.418 e. The fourth-order valence-electron chi connectivity index (χ4n) is 1.89. The van der Waals surface area contributed by atoms with Gasteiger partial charge in [0.05, 0.1) is 32.9 Å². The number of halogens is 5. The number of carbonyl (C=O) groups excluding carboxylic acids is 1. The molecule has 4 nitrogen and oxygen atoms in total. The van der Waals surface area contributed by atoms with Crippen LogP contribution in [0.4, 0.5) is 18.9 Å². The van der Waals surface area contributed by atoms with Gasteiger partial charge in [0.2, 0.25) is 0 Å². The number of amides is 1. The smallest absolute Gasteiger partial charge is 0.418 e. The van der Waals surface area contributed by atoms with Crippen LogP contribution in [-0.4, -0.2) is 12.5 Å². The van der Waals surface area contributed by atoms with Gasteiger partial charge in [-0.2, -0.15) is 18.4 Å². The van der Waals surface area contributed by atoms with E-state index in [1.54, 1.807) is 0 Å². The van der Waals surface area contributed by atoms with Crippen molar-refractivity contribution < 1.29 is 22.7 Å². The molecule has 9 heteroatoms. The van der Waals surface area contributed by atoms with Crippen molar-refractivity contribution in [2.24, 2.45) is 0 Å². The Kier molecular flexibility index (Phi) is 5.77. The van der Waals surface area contributed by atoms with Gasteiger partial charge in [0.1, 0.15) is 5.75 Å². The van der Waals surface area contributed by atoms with Gasteiger partial charge >= 0.3 is 6.18 Å². The van der Waals surface area contributed by atoms with Crippen molar-refractivity contribution in [1.82, 2.24) is 0 Å². The van der Waals surface area contributed by atoms with Crippen LogP contribution in [0.25, 0.3) is 0 Å². The molecular formula is C16H9Cl2F3N2O2. The number of para-hydroxylation sites is 1. The molecule has 1 amide bonds. The van der Waals surface area contributed by atoms with Crippen molar-refractivity contribution in [3.8, 4) is 11.8 Å². The number of nitrogens with one attached hydrogen (secondary N) is 1. The van der Waals surface area contributed by atoms with Crippen LogP contribution < -0.4 is 10.1 Å². The van der Waals surface area contributed by atoms with Crippen LogP contribution in [0.5, 0.6) is 5.75 Å². The molecule has 2 rings (SSSR count). The highest BCUT2D eigenvalue weighted by Gasteiger charge is 2.34. The minimum absolute atomic E-state index is 0.0978. The summed E-state index contributed by atoms with van der Waals surface area (Å²) in [5, 5.41) is 10.7. The third-order valence-electron chi connectivity index (χ3n) is 3.00. The summed E-state index contributed by atoms with van der Waals surface area (Å²) in [6, 6.07) is 9.19. The van der Waals surface area contributed by atoms with Crippen molar-refractivity contribution in [2.75, 3.05) is 11.9 Å². The Labute approximate surface area is 150 Å². The van der Waals surface area contributed by atoms with Gasteiger partial charge in [-0.3, -0.25) is 4.79 Å². The lowest BCUT2D eigenvalue weighted by molar-refractivity contribution is -0.137. The summed E-state index contributed by atoms with van der Waals surface area (Å²) in [4.78, 5) is 11.9. The molecule has 0 bridgehead atoms. The first kappa shape index (κ1) is 18.9. The van der Waals surface area contributed by atoms with Crippen LogP contribution >= 0.6 is 23.2 Å². The van der Waals surface area contributed by atoms with E-state index in [4.69, 9.17) is 33.2 Å². The number of alkyl halides is 3. The molecule has 1 N–H and O–H groups in total. The van der Waals surface area contributed by atoms with Crippen LogP contribution in [0, 0.1) is 11.3 Å². The molecule has 0 saturated carbocycles. The van der Waals surface area contributed by atoms with Crippen LogP contribution in [0.2, 0.25) is 10.0 Å². The molecule has 0 spiro atoms. The standard InChI is InChI=1S/C16H9Cl2F3N2O2/c17-11-3-1-2-10(16(19,20)21)15(11)23-14(24)8-25-13-5-4-9(7-22)6-12(13)18/h1-6H,8H2,(H,23,24). The zero-order valence-electron chi connectivity index (χ0n) is 12.3. The summed E-state index contributed by atoms with van der Waals surface area (Å²) in [5.41, 5.74) is -1.31. The molecule has 0 atom stereocenters. The topological polar surface area (TPSA) is 62.1 Å². The van der Waals surface area contributed by atoms with Crippen molar-refractivity contribution >= 4 is 34.8 Å². The van der Waals surface area contributed by atoms with E-state index in [0.717, 1.165) is 12.1 Å². The van der Waals surface area contributed by atoms with Gasteiger partial charge in [0.25, 0.3) is 5.91 Å². The van der Waals surface area contributed by atoms with E-state index in [9.17, 15) is 18.0 Å². The molecular weight excluding hydrogens is 380 g/mol. The number of carbonyl (C=O) groups is 1. The van der Waals surface area contributed by atoms with Crippen molar-refractivity contribution in [3.05, 3.63) is 57.6 Å². The minimum Gasteiger partial charge on any atom is -0.482 e. The SMILES string of the molecule is N#Cc1ccc(OCC(=O)Nc2c(Cl)cccc2C(F)(F)F)c(Cl)c1. The molecule has 25 heavy (non-hydrogen) atoms. The first-order valence-electron chi connectivity index (χ1n) is 6.70.